The van der Waals surface area contributed by atoms with Gasteiger partial charge in [-0.2, -0.15) is 0 Å². The normalized spacial score (nSPS) is 20.8. The summed E-state index contributed by atoms with van der Waals surface area (Å²) >= 11 is 0. The van der Waals surface area contributed by atoms with Crippen molar-refractivity contribution in [1.82, 2.24) is 9.80 Å². The largest absolute Gasteiger partial charge is 0.374 e. The van der Waals surface area contributed by atoms with Gasteiger partial charge in [0.15, 0.2) is 0 Å². The second-order valence-corrected chi connectivity index (χ2v) is 10.8. The van der Waals surface area contributed by atoms with Crippen LogP contribution in [0, 0.1) is 5.92 Å². The Labute approximate surface area is 203 Å². The van der Waals surface area contributed by atoms with Crippen molar-refractivity contribution in [3.05, 3.63) is 0 Å². The Balaban J connectivity index is 2.42. The van der Waals surface area contributed by atoms with Crippen molar-refractivity contribution in [2.75, 3.05) is 40.3 Å². The molecule has 0 amide bonds. The number of unbranched alkanes of at least 4 members (excludes halogenated alkanes) is 9. The van der Waals surface area contributed by atoms with Gasteiger partial charge < -0.3 is 9.64 Å². The zero-order chi connectivity index (χ0) is 23.4. The summed E-state index contributed by atoms with van der Waals surface area (Å²) < 4.78 is 6.32. The van der Waals surface area contributed by atoms with E-state index >= 15 is 0 Å². The van der Waals surface area contributed by atoms with Crippen molar-refractivity contribution in [3.8, 4) is 0 Å². The van der Waals surface area contributed by atoms with E-state index in [-0.39, 0.29) is 0 Å². The molecule has 3 heteroatoms. The summed E-state index contributed by atoms with van der Waals surface area (Å²) in [6.07, 6.45) is 24.1. The Morgan fingerprint density at radius 1 is 0.781 bits per heavy atom. The maximum atomic E-state index is 6.32. The first-order valence-electron chi connectivity index (χ1n) is 14.6. The Morgan fingerprint density at radius 2 is 1.34 bits per heavy atom. The molecule has 0 aromatic heterocycles. The van der Waals surface area contributed by atoms with E-state index < -0.39 is 0 Å². The number of hydrogen-bond acceptors (Lipinski definition) is 3. The average Bonchev–Trinajstić information content (AvgIpc) is 2.78. The van der Waals surface area contributed by atoms with Gasteiger partial charge >= 0.3 is 0 Å². The Bertz CT molecular complexity index is 403. The van der Waals surface area contributed by atoms with Gasteiger partial charge in [0.2, 0.25) is 0 Å². The molecule has 0 aliphatic carbocycles. The van der Waals surface area contributed by atoms with Crippen molar-refractivity contribution in [2.24, 2.45) is 5.92 Å². The highest BCUT2D eigenvalue weighted by Gasteiger charge is 2.30. The lowest BCUT2D eigenvalue weighted by molar-refractivity contribution is -0.0749. The molecule has 1 heterocycles. The van der Waals surface area contributed by atoms with Gasteiger partial charge in [0.25, 0.3) is 0 Å². The Hall–Kier alpha value is -0.120. The van der Waals surface area contributed by atoms with Crippen molar-refractivity contribution >= 4 is 0 Å². The van der Waals surface area contributed by atoms with Crippen molar-refractivity contribution in [2.45, 2.75) is 142 Å². The van der Waals surface area contributed by atoms with E-state index in [1.54, 1.807) is 0 Å². The van der Waals surface area contributed by atoms with Crippen molar-refractivity contribution in [3.63, 3.8) is 0 Å². The van der Waals surface area contributed by atoms with E-state index in [0.717, 1.165) is 25.6 Å². The quantitative estimate of drug-likeness (QED) is 0.164. The topological polar surface area (TPSA) is 15.7 Å². The van der Waals surface area contributed by atoms with Gasteiger partial charge in [-0.15, -0.1) is 0 Å². The van der Waals surface area contributed by atoms with E-state index in [1.807, 2.05) is 0 Å². The molecule has 192 valence electrons. The number of morpholine rings is 1. The molecule has 0 spiro atoms. The molecular formula is C29H60N2O. The molecule has 3 atom stereocenters. The predicted molar refractivity (Wildman–Crippen MR) is 143 cm³/mol. The molecule has 3 nitrogen and oxygen atoms in total. The summed E-state index contributed by atoms with van der Waals surface area (Å²) in [6, 6.07) is 0.600. The third-order valence-corrected chi connectivity index (χ3v) is 7.70. The number of rotatable bonds is 21. The minimum Gasteiger partial charge on any atom is -0.374 e. The molecule has 0 radical (unpaired) electrons. The number of ether oxygens (including phenoxy) is 1. The molecule has 1 rings (SSSR count). The molecule has 0 N–H and O–H groups in total. The van der Waals surface area contributed by atoms with E-state index in [2.05, 4.69) is 44.7 Å². The molecule has 0 bridgehead atoms. The Morgan fingerprint density at radius 3 is 2.03 bits per heavy atom. The lowest BCUT2D eigenvalue weighted by atomic mass is 9.88. The molecule has 32 heavy (non-hydrogen) atoms. The van der Waals surface area contributed by atoms with Crippen LogP contribution in [0.3, 0.4) is 0 Å². The van der Waals surface area contributed by atoms with Gasteiger partial charge in [-0.05, 0) is 39.4 Å². The molecule has 0 aromatic rings. The predicted octanol–water partition coefficient (Wildman–Crippen LogP) is 7.93. The fourth-order valence-corrected chi connectivity index (χ4v) is 5.46. The summed E-state index contributed by atoms with van der Waals surface area (Å²) in [4.78, 5) is 5.13. The van der Waals surface area contributed by atoms with E-state index in [9.17, 15) is 0 Å². The van der Waals surface area contributed by atoms with Crippen LogP contribution in [0.25, 0.3) is 0 Å². The lowest BCUT2D eigenvalue weighted by Gasteiger charge is -2.41. The minimum atomic E-state index is 0.387. The van der Waals surface area contributed by atoms with Crippen LogP contribution in [0.15, 0.2) is 0 Å². The van der Waals surface area contributed by atoms with Crippen LogP contribution in [0.1, 0.15) is 130 Å². The number of hydrogen-bond donors (Lipinski definition) is 0. The first-order valence-corrected chi connectivity index (χ1v) is 14.6. The zero-order valence-corrected chi connectivity index (χ0v) is 22.9. The van der Waals surface area contributed by atoms with Crippen LogP contribution in [-0.2, 0) is 4.74 Å². The maximum absolute atomic E-state index is 6.32. The highest BCUT2D eigenvalue weighted by molar-refractivity contribution is 4.84. The van der Waals surface area contributed by atoms with Gasteiger partial charge in [0.1, 0.15) is 0 Å². The molecule has 1 saturated heterocycles. The molecule has 1 aliphatic rings. The second-order valence-electron chi connectivity index (χ2n) is 10.8. The SMILES string of the molecule is CCCCCCCN(C)C[C@H]1OCCN(C)[C@@H]1CCCC(CCCCC)CCCCCC. The third kappa shape index (κ3) is 14.2. The molecule has 1 unspecified atom stereocenters. The van der Waals surface area contributed by atoms with Crippen molar-refractivity contribution < 1.29 is 4.74 Å². The van der Waals surface area contributed by atoms with Gasteiger partial charge in [0, 0.05) is 19.1 Å². The van der Waals surface area contributed by atoms with E-state index in [4.69, 9.17) is 4.74 Å². The summed E-state index contributed by atoms with van der Waals surface area (Å²) in [6.45, 7) is 11.3. The summed E-state index contributed by atoms with van der Waals surface area (Å²) in [7, 11) is 4.63. The molecular weight excluding hydrogens is 392 g/mol. The zero-order valence-electron chi connectivity index (χ0n) is 22.9. The van der Waals surface area contributed by atoms with Crippen molar-refractivity contribution in [1.29, 1.82) is 0 Å². The van der Waals surface area contributed by atoms with Gasteiger partial charge in [-0.1, -0.05) is 117 Å². The van der Waals surface area contributed by atoms with Crippen LogP contribution in [-0.4, -0.2) is 62.3 Å². The van der Waals surface area contributed by atoms with Gasteiger partial charge in [-0.3, -0.25) is 4.90 Å². The summed E-state index contributed by atoms with van der Waals surface area (Å²) in [5.41, 5.74) is 0. The molecule has 0 aromatic carbocycles. The molecule has 1 aliphatic heterocycles. The monoisotopic (exact) mass is 452 g/mol. The molecule has 0 saturated carbocycles. The highest BCUT2D eigenvalue weighted by atomic mass is 16.5. The fourth-order valence-electron chi connectivity index (χ4n) is 5.46. The highest BCUT2D eigenvalue weighted by Crippen LogP contribution is 2.26. The van der Waals surface area contributed by atoms with Crippen LogP contribution in [0.2, 0.25) is 0 Å². The van der Waals surface area contributed by atoms with Gasteiger partial charge in [0.05, 0.1) is 12.7 Å². The number of likely N-dealkylation sites (N-methyl/N-ethyl adjacent to an activating group) is 2. The molecule has 1 fully saturated rings. The fraction of sp³-hybridized carbons (Fsp3) is 1.00. The average molecular weight is 453 g/mol. The smallest absolute Gasteiger partial charge is 0.0857 e. The number of nitrogens with zero attached hydrogens (tertiary/aromatic N) is 2. The van der Waals surface area contributed by atoms with Crippen LogP contribution in [0.5, 0.6) is 0 Å². The second kappa shape index (κ2) is 20.3. The third-order valence-electron chi connectivity index (χ3n) is 7.70. The minimum absolute atomic E-state index is 0.387. The van der Waals surface area contributed by atoms with Gasteiger partial charge in [-0.25, -0.2) is 0 Å². The maximum Gasteiger partial charge on any atom is 0.0857 e. The first kappa shape index (κ1) is 29.9. The summed E-state index contributed by atoms with van der Waals surface area (Å²) in [5, 5.41) is 0. The van der Waals surface area contributed by atoms with Crippen LogP contribution < -0.4 is 0 Å². The van der Waals surface area contributed by atoms with E-state index in [0.29, 0.717) is 12.1 Å². The van der Waals surface area contributed by atoms with Crippen LogP contribution >= 0.6 is 0 Å². The first-order chi connectivity index (χ1) is 15.6. The van der Waals surface area contributed by atoms with E-state index in [1.165, 1.54) is 116 Å². The van der Waals surface area contributed by atoms with Crippen LogP contribution in [0.4, 0.5) is 0 Å². The lowest BCUT2D eigenvalue weighted by Crippen LogP contribution is -2.53. The summed E-state index contributed by atoms with van der Waals surface area (Å²) in [5.74, 6) is 0.956. The standard InChI is InChI=1S/C29H60N2O/c1-6-9-12-14-17-23-30(4)26-29-28(31(5)24-25-32-29)22-18-21-27(19-15-11-8-3)20-16-13-10-7-2/h27-29H,6-26H2,1-5H3/t27?,28-,29-/m1/s1. The Kier molecular flexibility index (Phi) is 18.9.